The SMILES string of the molecule is c1ccc2c(c1)[S+]1c3ccccc3[S+]2C2CCCCCC21. The van der Waals surface area contributed by atoms with E-state index >= 15 is 0 Å². The molecule has 0 aromatic heterocycles. The second-order valence-electron chi connectivity index (χ2n) is 6.28. The van der Waals surface area contributed by atoms with Crippen molar-refractivity contribution in [2.45, 2.75) is 62.2 Å². The maximum atomic E-state index is 2.43. The summed E-state index contributed by atoms with van der Waals surface area (Å²) in [6, 6.07) is 18.7. The van der Waals surface area contributed by atoms with Crippen LogP contribution in [0.4, 0.5) is 0 Å². The molecule has 106 valence electrons. The molecule has 0 spiro atoms. The average molecular weight is 313 g/mol. The summed E-state index contributed by atoms with van der Waals surface area (Å²) in [7, 11) is 0.688. The van der Waals surface area contributed by atoms with Gasteiger partial charge >= 0.3 is 0 Å². The van der Waals surface area contributed by atoms with Crippen LogP contribution < -0.4 is 0 Å². The van der Waals surface area contributed by atoms with Gasteiger partial charge in [-0.15, -0.1) is 0 Å². The van der Waals surface area contributed by atoms with Crippen molar-refractivity contribution in [3.63, 3.8) is 0 Å². The lowest BCUT2D eigenvalue weighted by molar-refractivity contribution is 0.701. The molecule has 2 atom stereocenters. The molecule has 2 heteroatoms. The monoisotopic (exact) mass is 312 g/mol. The second-order valence-corrected chi connectivity index (χ2v) is 10.6. The third-order valence-electron chi connectivity index (χ3n) is 5.14. The van der Waals surface area contributed by atoms with E-state index < -0.39 is 0 Å². The third kappa shape index (κ3) is 1.72. The number of rotatable bonds is 0. The van der Waals surface area contributed by atoms with E-state index in [-0.39, 0.29) is 0 Å². The maximum absolute atomic E-state index is 2.43. The number of hydrogen-bond acceptors (Lipinski definition) is 0. The molecule has 0 nitrogen and oxygen atoms in total. The highest BCUT2D eigenvalue weighted by Crippen LogP contribution is 2.55. The fraction of sp³-hybridized carbons (Fsp3) is 0.368. The zero-order valence-corrected chi connectivity index (χ0v) is 13.8. The molecule has 0 amide bonds. The maximum Gasteiger partial charge on any atom is 0.216 e. The summed E-state index contributed by atoms with van der Waals surface area (Å²) in [6.07, 6.45) is 7.27. The van der Waals surface area contributed by atoms with Gasteiger partial charge in [-0.1, -0.05) is 30.7 Å². The van der Waals surface area contributed by atoms with Gasteiger partial charge in [0.05, 0.1) is 21.8 Å². The lowest BCUT2D eigenvalue weighted by Crippen LogP contribution is -2.48. The summed E-state index contributed by atoms with van der Waals surface area (Å²) < 4.78 is 0. The fourth-order valence-corrected chi connectivity index (χ4v) is 11.5. The Morgan fingerprint density at radius 1 is 0.571 bits per heavy atom. The van der Waals surface area contributed by atoms with Crippen LogP contribution in [0.15, 0.2) is 68.1 Å². The molecule has 0 radical (unpaired) electrons. The standard InChI is InChI=1S/C19H20S2/c1-2-8-14-15(9-3-1)21-18-12-6-4-10-16(18)20(14)17-11-5-7-13-19(17)21/h4-7,10-15H,1-3,8-9H2/q+2. The first kappa shape index (κ1) is 12.7. The first-order valence-electron chi connectivity index (χ1n) is 8.09. The summed E-state index contributed by atoms with van der Waals surface area (Å²) in [5, 5.41) is 1.86. The first-order valence-corrected chi connectivity index (χ1v) is 10.7. The van der Waals surface area contributed by atoms with E-state index in [1.165, 1.54) is 32.1 Å². The third-order valence-corrected chi connectivity index (χ3v) is 11.2. The predicted octanol–water partition coefficient (Wildman–Crippen LogP) is 4.79. The molecule has 0 N–H and O–H groups in total. The summed E-state index contributed by atoms with van der Waals surface area (Å²) >= 11 is 0. The van der Waals surface area contributed by atoms with Gasteiger partial charge in [0, 0.05) is 12.8 Å². The van der Waals surface area contributed by atoms with E-state index in [4.69, 9.17) is 0 Å². The van der Waals surface area contributed by atoms with E-state index in [9.17, 15) is 0 Å². The lowest BCUT2D eigenvalue weighted by Gasteiger charge is -2.35. The van der Waals surface area contributed by atoms with Gasteiger partial charge < -0.3 is 0 Å². The Morgan fingerprint density at radius 3 is 1.33 bits per heavy atom. The van der Waals surface area contributed by atoms with Gasteiger partial charge in [0.15, 0.2) is 10.5 Å². The second kappa shape index (κ2) is 4.82. The molecule has 6 rings (SSSR count). The van der Waals surface area contributed by atoms with Crippen molar-refractivity contribution < 1.29 is 0 Å². The highest BCUT2D eigenvalue weighted by atomic mass is 32.2. The Labute approximate surface area is 132 Å². The Hall–Kier alpha value is -0.860. The number of benzene rings is 2. The Kier molecular flexibility index (Phi) is 2.91. The van der Waals surface area contributed by atoms with Crippen molar-refractivity contribution in [3.05, 3.63) is 48.5 Å². The molecule has 2 aromatic rings. The van der Waals surface area contributed by atoms with Crippen molar-refractivity contribution in [3.8, 4) is 0 Å². The van der Waals surface area contributed by atoms with Crippen LogP contribution in [0.3, 0.4) is 0 Å². The van der Waals surface area contributed by atoms with E-state index in [1.54, 1.807) is 19.6 Å². The smallest absolute Gasteiger partial charge is 0.0569 e. The van der Waals surface area contributed by atoms with Gasteiger partial charge in [-0.2, -0.15) is 0 Å². The molecule has 3 heterocycles. The van der Waals surface area contributed by atoms with Crippen molar-refractivity contribution in [2.24, 2.45) is 0 Å². The van der Waals surface area contributed by atoms with E-state index in [0.717, 1.165) is 10.5 Å². The molecule has 21 heavy (non-hydrogen) atoms. The molecule has 2 unspecified atom stereocenters. The zero-order valence-electron chi connectivity index (χ0n) is 12.1. The van der Waals surface area contributed by atoms with Gasteiger partial charge in [-0.25, -0.2) is 0 Å². The van der Waals surface area contributed by atoms with Crippen LogP contribution in [-0.4, -0.2) is 10.5 Å². The van der Waals surface area contributed by atoms with Crippen LogP contribution in [0.25, 0.3) is 0 Å². The summed E-state index contributed by atoms with van der Waals surface area (Å²) in [5.41, 5.74) is 0. The van der Waals surface area contributed by atoms with Gasteiger partial charge in [0.2, 0.25) is 19.6 Å². The highest BCUT2D eigenvalue weighted by molar-refractivity contribution is 8.06. The fourth-order valence-electron chi connectivity index (χ4n) is 4.30. The predicted molar refractivity (Wildman–Crippen MR) is 91.3 cm³/mol. The highest BCUT2D eigenvalue weighted by Gasteiger charge is 2.64. The van der Waals surface area contributed by atoms with Gasteiger partial charge in [0.25, 0.3) is 0 Å². The molecule has 4 aliphatic rings. The molecule has 1 aliphatic carbocycles. The zero-order chi connectivity index (χ0) is 13.8. The van der Waals surface area contributed by atoms with Crippen molar-refractivity contribution in [1.82, 2.24) is 0 Å². The molecular weight excluding hydrogens is 292 g/mol. The lowest BCUT2D eigenvalue weighted by atomic mass is 10.2. The minimum Gasteiger partial charge on any atom is -0.0569 e. The van der Waals surface area contributed by atoms with Crippen LogP contribution >= 0.6 is 0 Å². The van der Waals surface area contributed by atoms with Crippen LogP contribution in [0.2, 0.25) is 0 Å². The van der Waals surface area contributed by atoms with Gasteiger partial charge in [-0.3, -0.25) is 0 Å². The quantitative estimate of drug-likeness (QED) is 0.614. The largest absolute Gasteiger partial charge is 0.216 e. The number of hydrogen-bond donors (Lipinski definition) is 0. The van der Waals surface area contributed by atoms with Crippen molar-refractivity contribution in [1.29, 1.82) is 0 Å². The summed E-state index contributed by atoms with van der Waals surface area (Å²) in [4.78, 5) is 6.73. The first-order chi connectivity index (χ1) is 10.4. The summed E-state index contributed by atoms with van der Waals surface area (Å²) in [6.45, 7) is 0. The molecular formula is C19H20S2+2. The molecule has 3 aliphatic heterocycles. The van der Waals surface area contributed by atoms with Crippen LogP contribution in [-0.2, 0) is 21.8 Å². The van der Waals surface area contributed by atoms with Crippen LogP contribution in [0, 0.1) is 0 Å². The Balaban J connectivity index is 1.78. The topological polar surface area (TPSA) is 0 Å². The molecule has 1 fully saturated rings. The molecule has 2 aromatic carbocycles. The van der Waals surface area contributed by atoms with Crippen molar-refractivity contribution in [2.75, 3.05) is 0 Å². The summed E-state index contributed by atoms with van der Waals surface area (Å²) in [5.74, 6) is 0. The average Bonchev–Trinajstić information content (AvgIpc) is 2.80. The van der Waals surface area contributed by atoms with E-state index in [1.807, 2.05) is 0 Å². The van der Waals surface area contributed by atoms with Crippen LogP contribution in [0.5, 0.6) is 0 Å². The minimum atomic E-state index is 0.344. The van der Waals surface area contributed by atoms with Crippen LogP contribution in [0.1, 0.15) is 32.1 Å². The van der Waals surface area contributed by atoms with Gasteiger partial charge in [0.1, 0.15) is 0 Å². The molecule has 2 bridgehead atoms. The molecule has 1 saturated carbocycles. The Morgan fingerprint density at radius 2 is 0.952 bits per heavy atom. The van der Waals surface area contributed by atoms with Crippen molar-refractivity contribution >= 4 is 21.8 Å². The minimum absolute atomic E-state index is 0.344. The Bertz CT molecular complexity index is 588. The normalized spacial score (nSPS) is 32.8. The van der Waals surface area contributed by atoms with E-state index in [2.05, 4.69) is 48.5 Å². The molecule has 0 saturated heterocycles. The van der Waals surface area contributed by atoms with Gasteiger partial charge in [-0.05, 0) is 37.1 Å². The van der Waals surface area contributed by atoms with E-state index in [0.29, 0.717) is 21.8 Å².